The van der Waals surface area contributed by atoms with E-state index in [-0.39, 0.29) is 5.28 Å². The van der Waals surface area contributed by atoms with Gasteiger partial charge in [0, 0.05) is 13.1 Å². The third-order valence-corrected chi connectivity index (χ3v) is 2.84. The van der Waals surface area contributed by atoms with Crippen LogP contribution in [-0.2, 0) is 4.74 Å². The number of rotatable bonds is 2. The number of hydrogen-bond acceptors (Lipinski definition) is 6. The first-order valence-electron chi connectivity index (χ1n) is 5.60. The minimum absolute atomic E-state index is 0.183. The van der Waals surface area contributed by atoms with Gasteiger partial charge in [-0.25, -0.2) is 0 Å². The Balaban J connectivity index is 1.95. The van der Waals surface area contributed by atoms with E-state index < -0.39 is 0 Å². The summed E-state index contributed by atoms with van der Waals surface area (Å²) in [5, 5.41) is 0.183. The molecule has 2 aromatic rings. The van der Waals surface area contributed by atoms with E-state index in [1.807, 2.05) is 4.90 Å². The second-order valence-electron chi connectivity index (χ2n) is 3.84. The Hall–Kier alpha value is -1.66. The molecule has 0 radical (unpaired) electrons. The lowest BCUT2D eigenvalue weighted by atomic mass is 10.3. The molecule has 0 aromatic carbocycles. The normalized spacial score (nSPS) is 15.9. The molecule has 0 bridgehead atoms. The highest BCUT2D eigenvalue weighted by Crippen LogP contribution is 2.20. The topological polar surface area (TPSA) is 64.3 Å². The van der Waals surface area contributed by atoms with E-state index in [2.05, 4.69) is 15.0 Å². The largest absolute Gasteiger partial charge is 0.472 e. The summed E-state index contributed by atoms with van der Waals surface area (Å²) < 4.78 is 10.3. The van der Waals surface area contributed by atoms with Gasteiger partial charge in [0.2, 0.25) is 11.2 Å². The fourth-order valence-electron chi connectivity index (χ4n) is 1.77. The van der Waals surface area contributed by atoms with Crippen LogP contribution >= 0.6 is 11.6 Å². The van der Waals surface area contributed by atoms with Crippen LogP contribution in [-0.4, -0.2) is 41.3 Å². The molecule has 3 rings (SSSR count). The Kier molecular flexibility index (Phi) is 3.12. The van der Waals surface area contributed by atoms with E-state index in [1.165, 1.54) is 0 Å². The highest BCUT2D eigenvalue weighted by Gasteiger charge is 2.16. The van der Waals surface area contributed by atoms with Crippen LogP contribution in [0.25, 0.3) is 11.4 Å². The zero-order valence-electron chi connectivity index (χ0n) is 9.54. The number of ether oxygens (including phenoxy) is 1. The fraction of sp³-hybridized carbons (Fsp3) is 0.364. The quantitative estimate of drug-likeness (QED) is 0.823. The second-order valence-corrected chi connectivity index (χ2v) is 4.18. The molecule has 1 saturated heterocycles. The number of aromatic nitrogens is 3. The van der Waals surface area contributed by atoms with Crippen molar-refractivity contribution < 1.29 is 9.15 Å². The van der Waals surface area contributed by atoms with E-state index in [0.29, 0.717) is 25.0 Å². The second kappa shape index (κ2) is 4.91. The first kappa shape index (κ1) is 11.4. The molecule has 0 saturated carbocycles. The van der Waals surface area contributed by atoms with E-state index in [9.17, 15) is 0 Å². The van der Waals surface area contributed by atoms with E-state index >= 15 is 0 Å². The average Bonchev–Trinajstić information content (AvgIpc) is 2.93. The lowest BCUT2D eigenvalue weighted by Gasteiger charge is -2.26. The van der Waals surface area contributed by atoms with Crippen molar-refractivity contribution in [3.05, 3.63) is 23.9 Å². The Bertz CT molecular complexity index is 526. The number of furan rings is 1. The van der Waals surface area contributed by atoms with Crippen molar-refractivity contribution in [2.45, 2.75) is 0 Å². The van der Waals surface area contributed by atoms with Crippen molar-refractivity contribution in [1.29, 1.82) is 0 Å². The zero-order valence-corrected chi connectivity index (χ0v) is 10.3. The molecule has 1 aliphatic rings. The summed E-state index contributed by atoms with van der Waals surface area (Å²) in [5.41, 5.74) is 0.786. The number of anilines is 1. The van der Waals surface area contributed by atoms with Gasteiger partial charge in [-0.15, -0.1) is 0 Å². The van der Waals surface area contributed by atoms with Crippen LogP contribution < -0.4 is 4.90 Å². The average molecular weight is 267 g/mol. The van der Waals surface area contributed by atoms with Gasteiger partial charge in [-0.1, -0.05) is 0 Å². The summed E-state index contributed by atoms with van der Waals surface area (Å²) in [6, 6.07) is 1.79. The maximum absolute atomic E-state index is 5.94. The monoisotopic (exact) mass is 266 g/mol. The molecule has 0 amide bonds. The maximum atomic E-state index is 5.94. The molecule has 0 spiro atoms. The minimum atomic E-state index is 0.183. The Morgan fingerprint density at radius 1 is 1.17 bits per heavy atom. The molecule has 0 atom stereocenters. The summed E-state index contributed by atoms with van der Waals surface area (Å²) in [6.45, 7) is 2.85. The van der Waals surface area contributed by atoms with E-state index in [4.69, 9.17) is 20.8 Å². The molecule has 2 aromatic heterocycles. The summed E-state index contributed by atoms with van der Waals surface area (Å²) in [5.74, 6) is 1.10. The SMILES string of the molecule is Clc1nc(-c2ccoc2)nc(N2CCOCC2)n1. The molecule has 1 fully saturated rings. The van der Waals surface area contributed by atoms with Crippen LogP contribution in [0.2, 0.25) is 5.28 Å². The number of nitrogens with zero attached hydrogens (tertiary/aromatic N) is 4. The predicted molar refractivity (Wildman–Crippen MR) is 65.6 cm³/mol. The maximum Gasteiger partial charge on any atom is 0.230 e. The zero-order chi connectivity index (χ0) is 12.4. The molecule has 94 valence electrons. The molecule has 7 heteroatoms. The minimum Gasteiger partial charge on any atom is -0.472 e. The summed E-state index contributed by atoms with van der Waals surface area (Å²) in [7, 11) is 0. The van der Waals surface area contributed by atoms with Crippen LogP contribution in [0.5, 0.6) is 0 Å². The van der Waals surface area contributed by atoms with Gasteiger partial charge in [-0.2, -0.15) is 15.0 Å². The van der Waals surface area contributed by atoms with Crippen molar-refractivity contribution in [3.63, 3.8) is 0 Å². The molecular weight excluding hydrogens is 256 g/mol. The molecule has 0 aliphatic carbocycles. The van der Waals surface area contributed by atoms with Crippen molar-refractivity contribution in [3.8, 4) is 11.4 Å². The number of hydrogen-bond donors (Lipinski definition) is 0. The third-order valence-electron chi connectivity index (χ3n) is 2.67. The summed E-state index contributed by atoms with van der Waals surface area (Å²) in [6.07, 6.45) is 3.15. The van der Waals surface area contributed by atoms with Crippen molar-refractivity contribution in [2.75, 3.05) is 31.2 Å². The molecule has 0 N–H and O–H groups in total. The van der Waals surface area contributed by atoms with Crippen LogP contribution in [0.1, 0.15) is 0 Å². The van der Waals surface area contributed by atoms with E-state index in [0.717, 1.165) is 18.7 Å². The van der Waals surface area contributed by atoms with Gasteiger partial charge in [0.1, 0.15) is 6.26 Å². The van der Waals surface area contributed by atoms with Gasteiger partial charge in [-0.3, -0.25) is 0 Å². The van der Waals surface area contributed by atoms with Crippen molar-refractivity contribution in [2.24, 2.45) is 0 Å². The smallest absolute Gasteiger partial charge is 0.230 e. The Morgan fingerprint density at radius 3 is 2.72 bits per heavy atom. The third kappa shape index (κ3) is 2.30. The standard InChI is InChI=1S/C11H11ClN4O2/c12-10-13-9(8-1-4-18-7-8)14-11(15-10)16-2-5-17-6-3-16/h1,4,7H,2-3,5-6H2. The lowest BCUT2D eigenvalue weighted by Crippen LogP contribution is -2.37. The van der Waals surface area contributed by atoms with Gasteiger partial charge < -0.3 is 14.1 Å². The molecule has 6 nitrogen and oxygen atoms in total. The summed E-state index contributed by atoms with van der Waals surface area (Å²) >= 11 is 5.94. The molecule has 1 aliphatic heterocycles. The van der Waals surface area contributed by atoms with Gasteiger partial charge in [0.05, 0.1) is 25.0 Å². The Labute approximate surface area is 109 Å². The van der Waals surface area contributed by atoms with Crippen LogP contribution in [0.4, 0.5) is 5.95 Å². The van der Waals surface area contributed by atoms with E-state index in [1.54, 1.807) is 18.6 Å². The van der Waals surface area contributed by atoms with Gasteiger partial charge in [0.15, 0.2) is 5.82 Å². The molecule has 0 unspecified atom stereocenters. The van der Waals surface area contributed by atoms with Crippen LogP contribution in [0.15, 0.2) is 23.0 Å². The molecule has 18 heavy (non-hydrogen) atoms. The van der Waals surface area contributed by atoms with Crippen molar-refractivity contribution >= 4 is 17.5 Å². The predicted octanol–water partition coefficient (Wildman–Crippen LogP) is 1.62. The highest BCUT2D eigenvalue weighted by molar-refractivity contribution is 6.28. The number of halogens is 1. The van der Waals surface area contributed by atoms with Gasteiger partial charge in [-0.05, 0) is 17.7 Å². The van der Waals surface area contributed by atoms with Gasteiger partial charge >= 0.3 is 0 Å². The van der Waals surface area contributed by atoms with Crippen LogP contribution in [0.3, 0.4) is 0 Å². The van der Waals surface area contributed by atoms with Crippen LogP contribution in [0, 0.1) is 0 Å². The van der Waals surface area contributed by atoms with Gasteiger partial charge in [0.25, 0.3) is 0 Å². The highest BCUT2D eigenvalue weighted by atomic mass is 35.5. The lowest BCUT2D eigenvalue weighted by molar-refractivity contribution is 0.122. The summed E-state index contributed by atoms with van der Waals surface area (Å²) in [4.78, 5) is 14.7. The molecular formula is C11H11ClN4O2. The molecule has 3 heterocycles. The van der Waals surface area contributed by atoms with Crippen molar-refractivity contribution in [1.82, 2.24) is 15.0 Å². The first-order chi connectivity index (χ1) is 8.83. The number of morpholine rings is 1. The fourth-order valence-corrected chi connectivity index (χ4v) is 1.92. The Morgan fingerprint density at radius 2 is 2.00 bits per heavy atom. The first-order valence-corrected chi connectivity index (χ1v) is 5.97.